The molecule has 3 aromatic carbocycles. The number of nitrogens with zero attached hydrogens (tertiary/aromatic N) is 1. The molecular weight excluding hydrogens is 412 g/mol. The van der Waals surface area contributed by atoms with Crippen LogP contribution in [0.15, 0.2) is 89.5 Å². The van der Waals surface area contributed by atoms with Gasteiger partial charge in [0.15, 0.2) is 11.5 Å². The Bertz CT molecular complexity index is 1130. The molecule has 168 valence electrons. The highest BCUT2D eigenvalue weighted by Gasteiger charge is 2.60. The summed E-state index contributed by atoms with van der Waals surface area (Å²) in [7, 11) is 3.22. The molecule has 1 saturated carbocycles. The lowest BCUT2D eigenvalue weighted by atomic mass is 9.85. The molecule has 1 atom stereocenters. The van der Waals surface area contributed by atoms with Crippen LogP contribution in [0, 0.1) is 5.92 Å². The van der Waals surface area contributed by atoms with E-state index < -0.39 is 0 Å². The molecule has 4 rings (SSSR count). The topological polar surface area (TPSA) is 59.9 Å². The van der Waals surface area contributed by atoms with E-state index in [1.165, 1.54) is 0 Å². The van der Waals surface area contributed by atoms with Crippen molar-refractivity contribution in [2.45, 2.75) is 18.8 Å². The highest BCUT2D eigenvalue weighted by Crippen LogP contribution is 2.58. The van der Waals surface area contributed by atoms with Gasteiger partial charge in [0.05, 0.1) is 26.4 Å². The number of methoxy groups -OCH3 is 2. The van der Waals surface area contributed by atoms with Crippen LogP contribution in [0.4, 0.5) is 0 Å². The zero-order valence-corrected chi connectivity index (χ0v) is 19.1. The standard InChI is InChI=1S/C28H28N2O3/c1-20(16-21-14-15-25(32-2)26(17-21)33-3)19-29-30-27(31)24-18-28(24,22-10-6-4-7-11-22)23-12-8-5-9-13-23/h4-17,19,24H,18H2,1-3H3,(H,30,31)/b20-16+,29-19-/t24-/m0/s1. The second-order valence-corrected chi connectivity index (χ2v) is 8.20. The first-order valence-corrected chi connectivity index (χ1v) is 10.9. The Morgan fingerprint density at radius 2 is 1.55 bits per heavy atom. The number of nitrogens with one attached hydrogen (secondary N) is 1. The molecule has 0 spiro atoms. The number of hydrazone groups is 1. The highest BCUT2D eigenvalue weighted by molar-refractivity contribution is 5.89. The third-order valence-electron chi connectivity index (χ3n) is 6.10. The average molecular weight is 441 g/mol. The second kappa shape index (κ2) is 9.74. The van der Waals surface area contributed by atoms with Crippen molar-refractivity contribution in [3.05, 3.63) is 101 Å². The Labute approximate surface area is 194 Å². The Morgan fingerprint density at radius 3 is 2.12 bits per heavy atom. The molecule has 0 aromatic heterocycles. The molecule has 1 aliphatic carbocycles. The van der Waals surface area contributed by atoms with E-state index in [9.17, 15) is 4.79 Å². The zero-order valence-electron chi connectivity index (χ0n) is 19.1. The summed E-state index contributed by atoms with van der Waals surface area (Å²) in [6.07, 6.45) is 4.39. The van der Waals surface area contributed by atoms with Crippen molar-refractivity contribution in [2.75, 3.05) is 14.2 Å². The monoisotopic (exact) mass is 440 g/mol. The van der Waals surface area contributed by atoms with Crippen molar-refractivity contribution in [1.82, 2.24) is 5.43 Å². The Hall–Kier alpha value is -3.86. The molecule has 0 heterocycles. The third kappa shape index (κ3) is 4.67. The quantitative estimate of drug-likeness (QED) is 0.386. The zero-order chi connectivity index (χ0) is 23.3. The Morgan fingerprint density at radius 1 is 0.939 bits per heavy atom. The first-order valence-electron chi connectivity index (χ1n) is 10.9. The van der Waals surface area contributed by atoms with Gasteiger partial charge in [-0.2, -0.15) is 5.10 Å². The molecule has 3 aromatic rings. The lowest BCUT2D eigenvalue weighted by Crippen LogP contribution is -2.25. The predicted octanol–water partition coefficient (Wildman–Crippen LogP) is 5.22. The third-order valence-corrected chi connectivity index (χ3v) is 6.10. The fourth-order valence-corrected chi connectivity index (χ4v) is 4.37. The van der Waals surface area contributed by atoms with Crippen LogP contribution in [0.1, 0.15) is 30.0 Å². The van der Waals surface area contributed by atoms with E-state index >= 15 is 0 Å². The smallest absolute Gasteiger partial charge is 0.244 e. The van der Waals surface area contributed by atoms with Crippen LogP contribution in [-0.2, 0) is 10.2 Å². The molecule has 0 aliphatic heterocycles. The highest BCUT2D eigenvalue weighted by atomic mass is 16.5. The van der Waals surface area contributed by atoms with E-state index in [0.29, 0.717) is 11.5 Å². The SMILES string of the molecule is COc1ccc(/C=C(C)/C=N\NC(=O)[C@@H]2CC2(c2ccccc2)c2ccccc2)cc1OC. The van der Waals surface area contributed by atoms with Crippen molar-refractivity contribution in [3.8, 4) is 11.5 Å². The van der Waals surface area contributed by atoms with Gasteiger partial charge in [-0.15, -0.1) is 0 Å². The number of carbonyl (C=O) groups excluding carboxylic acids is 1. The van der Waals surface area contributed by atoms with Crippen LogP contribution in [-0.4, -0.2) is 26.3 Å². The molecule has 1 aliphatic rings. The van der Waals surface area contributed by atoms with Gasteiger partial charge in [0.2, 0.25) is 5.91 Å². The van der Waals surface area contributed by atoms with Gasteiger partial charge in [-0.1, -0.05) is 72.8 Å². The van der Waals surface area contributed by atoms with E-state index in [4.69, 9.17) is 9.47 Å². The van der Waals surface area contributed by atoms with Crippen LogP contribution in [0.25, 0.3) is 6.08 Å². The summed E-state index contributed by atoms with van der Waals surface area (Å²) >= 11 is 0. The number of benzene rings is 3. The minimum absolute atomic E-state index is 0.0714. The number of amides is 1. The lowest BCUT2D eigenvalue weighted by molar-refractivity contribution is -0.122. The van der Waals surface area contributed by atoms with Crippen molar-refractivity contribution < 1.29 is 14.3 Å². The van der Waals surface area contributed by atoms with Gasteiger partial charge < -0.3 is 9.47 Å². The predicted molar refractivity (Wildman–Crippen MR) is 132 cm³/mol. The summed E-state index contributed by atoms with van der Waals surface area (Å²) in [5.41, 5.74) is 6.61. The Kier molecular flexibility index (Phi) is 6.59. The van der Waals surface area contributed by atoms with Crippen molar-refractivity contribution in [2.24, 2.45) is 11.0 Å². The minimum atomic E-state index is -0.299. The van der Waals surface area contributed by atoms with Crippen molar-refractivity contribution >= 4 is 18.2 Å². The number of rotatable bonds is 8. The van der Waals surface area contributed by atoms with Gasteiger partial charge >= 0.3 is 0 Å². The molecule has 0 saturated heterocycles. The molecule has 1 fully saturated rings. The summed E-state index contributed by atoms with van der Waals surface area (Å²) in [5, 5.41) is 4.21. The van der Waals surface area contributed by atoms with Crippen molar-refractivity contribution in [3.63, 3.8) is 0 Å². The first-order chi connectivity index (χ1) is 16.1. The number of carbonyl (C=O) groups is 1. The molecule has 0 unspecified atom stereocenters. The maximum absolute atomic E-state index is 13.0. The van der Waals surface area contributed by atoms with Gasteiger partial charge in [0.25, 0.3) is 0 Å². The van der Waals surface area contributed by atoms with Crippen molar-refractivity contribution in [1.29, 1.82) is 0 Å². The molecular formula is C28H28N2O3. The summed E-state index contributed by atoms with van der Waals surface area (Å²) in [4.78, 5) is 13.0. The van der Waals surface area contributed by atoms with Crippen LogP contribution in [0.3, 0.4) is 0 Å². The second-order valence-electron chi connectivity index (χ2n) is 8.20. The van der Waals surface area contributed by atoms with Crippen LogP contribution >= 0.6 is 0 Å². The van der Waals surface area contributed by atoms with Crippen LogP contribution < -0.4 is 14.9 Å². The number of allylic oxidation sites excluding steroid dienone is 1. The Balaban J connectivity index is 1.46. The fourth-order valence-electron chi connectivity index (χ4n) is 4.37. The van der Waals surface area contributed by atoms with E-state index in [-0.39, 0.29) is 17.2 Å². The molecule has 0 bridgehead atoms. The van der Waals surface area contributed by atoms with Crippen LogP contribution in [0.2, 0.25) is 0 Å². The van der Waals surface area contributed by atoms with E-state index in [1.54, 1.807) is 20.4 Å². The number of hydrogen-bond donors (Lipinski definition) is 1. The molecule has 1 N–H and O–H groups in total. The van der Waals surface area contributed by atoms with Gasteiger partial charge in [0, 0.05) is 5.41 Å². The van der Waals surface area contributed by atoms with Gasteiger partial charge in [0.1, 0.15) is 0 Å². The van der Waals surface area contributed by atoms with E-state index in [2.05, 4.69) is 34.8 Å². The lowest BCUT2D eigenvalue weighted by Gasteiger charge is -2.18. The molecule has 5 heteroatoms. The first kappa shape index (κ1) is 22.3. The fraction of sp³-hybridized carbons (Fsp3) is 0.214. The maximum atomic E-state index is 13.0. The van der Waals surface area contributed by atoms with Gasteiger partial charge in [-0.05, 0) is 47.7 Å². The normalized spacial score (nSPS) is 16.9. The molecule has 33 heavy (non-hydrogen) atoms. The summed E-state index contributed by atoms with van der Waals surface area (Å²) in [6.45, 7) is 1.93. The molecule has 1 amide bonds. The molecule has 0 radical (unpaired) electrons. The van der Waals surface area contributed by atoms with Gasteiger partial charge in [-0.25, -0.2) is 5.43 Å². The number of hydrogen-bond acceptors (Lipinski definition) is 4. The summed E-state index contributed by atoms with van der Waals surface area (Å²) < 4.78 is 10.6. The van der Waals surface area contributed by atoms with E-state index in [0.717, 1.165) is 28.7 Å². The summed E-state index contributed by atoms with van der Waals surface area (Å²) in [5.74, 6) is 1.11. The largest absolute Gasteiger partial charge is 0.493 e. The van der Waals surface area contributed by atoms with Gasteiger partial charge in [-0.3, -0.25) is 4.79 Å². The van der Waals surface area contributed by atoms with Crippen LogP contribution in [0.5, 0.6) is 11.5 Å². The minimum Gasteiger partial charge on any atom is -0.493 e. The summed E-state index contributed by atoms with van der Waals surface area (Å²) in [6, 6.07) is 26.2. The molecule has 5 nitrogen and oxygen atoms in total. The number of ether oxygens (including phenoxy) is 2. The average Bonchev–Trinajstić information content (AvgIpc) is 3.62. The van der Waals surface area contributed by atoms with E-state index in [1.807, 2.05) is 67.6 Å². The maximum Gasteiger partial charge on any atom is 0.244 e.